The highest BCUT2D eigenvalue weighted by Gasteiger charge is 2.14. The maximum absolute atomic E-state index is 11.3. The first-order valence-corrected chi connectivity index (χ1v) is 6.65. The van der Waals surface area contributed by atoms with Crippen molar-refractivity contribution in [2.24, 2.45) is 0 Å². The summed E-state index contributed by atoms with van der Waals surface area (Å²) >= 11 is 0. The van der Waals surface area contributed by atoms with Crippen molar-refractivity contribution < 1.29 is 0 Å². The molecule has 1 heterocycles. The number of H-pyrrole nitrogens is 2. The van der Waals surface area contributed by atoms with Gasteiger partial charge in [0.25, 0.3) is 0 Å². The molecular formula is C14H22N4O. The SMILES string of the molecule is CNCCCC(c1ccc2[nH]c(=O)[nH]c2c1)N(C)C. The Labute approximate surface area is 113 Å². The van der Waals surface area contributed by atoms with Crippen LogP contribution in [0.5, 0.6) is 0 Å². The molecule has 0 fully saturated rings. The summed E-state index contributed by atoms with van der Waals surface area (Å²) in [5, 5.41) is 3.18. The molecule has 1 unspecified atom stereocenters. The summed E-state index contributed by atoms with van der Waals surface area (Å²) in [5.41, 5.74) is 2.83. The van der Waals surface area contributed by atoms with Crippen molar-refractivity contribution >= 4 is 11.0 Å². The third-order valence-corrected chi connectivity index (χ3v) is 3.45. The fourth-order valence-electron chi connectivity index (χ4n) is 2.45. The van der Waals surface area contributed by atoms with Gasteiger partial charge in [0.05, 0.1) is 11.0 Å². The van der Waals surface area contributed by atoms with E-state index in [-0.39, 0.29) is 5.69 Å². The molecule has 0 amide bonds. The highest BCUT2D eigenvalue weighted by Crippen LogP contribution is 2.25. The van der Waals surface area contributed by atoms with Gasteiger partial charge in [0.15, 0.2) is 0 Å². The van der Waals surface area contributed by atoms with Gasteiger partial charge >= 0.3 is 5.69 Å². The van der Waals surface area contributed by atoms with Crippen molar-refractivity contribution in [1.29, 1.82) is 0 Å². The molecule has 0 aliphatic heterocycles. The Morgan fingerprint density at radius 2 is 2.00 bits per heavy atom. The Hall–Kier alpha value is -1.59. The number of nitrogens with zero attached hydrogens (tertiary/aromatic N) is 1. The zero-order valence-corrected chi connectivity index (χ0v) is 11.8. The van der Waals surface area contributed by atoms with E-state index in [2.05, 4.69) is 46.4 Å². The standard InChI is InChI=1S/C14H22N4O/c1-15-8-4-5-13(18(2)3)10-6-7-11-12(9-10)17-14(19)16-11/h6-7,9,13,15H,4-5,8H2,1-3H3,(H2,16,17,19). The molecule has 5 nitrogen and oxygen atoms in total. The summed E-state index contributed by atoms with van der Waals surface area (Å²) in [7, 11) is 6.16. The van der Waals surface area contributed by atoms with Crippen LogP contribution in [-0.4, -0.2) is 42.6 Å². The number of rotatable bonds is 6. The molecule has 0 saturated carbocycles. The van der Waals surface area contributed by atoms with Crippen LogP contribution in [0.1, 0.15) is 24.4 Å². The lowest BCUT2D eigenvalue weighted by Crippen LogP contribution is -2.21. The summed E-state index contributed by atoms with van der Waals surface area (Å²) in [6.45, 7) is 1.02. The van der Waals surface area contributed by atoms with Gasteiger partial charge in [-0.2, -0.15) is 0 Å². The van der Waals surface area contributed by atoms with E-state index in [1.165, 1.54) is 5.56 Å². The van der Waals surface area contributed by atoms with E-state index in [1.54, 1.807) is 0 Å². The molecule has 0 aliphatic carbocycles. The van der Waals surface area contributed by atoms with Crippen LogP contribution in [0.4, 0.5) is 0 Å². The number of nitrogens with one attached hydrogen (secondary N) is 3. The molecule has 1 atom stereocenters. The van der Waals surface area contributed by atoms with Crippen molar-refractivity contribution in [1.82, 2.24) is 20.2 Å². The Morgan fingerprint density at radius 3 is 2.68 bits per heavy atom. The minimum atomic E-state index is -0.149. The van der Waals surface area contributed by atoms with Crippen molar-refractivity contribution in [2.45, 2.75) is 18.9 Å². The average molecular weight is 262 g/mol. The molecule has 2 aromatic rings. The first-order chi connectivity index (χ1) is 9.11. The van der Waals surface area contributed by atoms with Crippen molar-refractivity contribution in [2.75, 3.05) is 27.7 Å². The molecule has 19 heavy (non-hydrogen) atoms. The summed E-state index contributed by atoms with van der Waals surface area (Å²) in [6.07, 6.45) is 2.22. The van der Waals surface area contributed by atoms with Gasteiger partial charge < -0.3 is 20.2 Å². The Bertz CT molecular complexity index is 584. The Balaban J connectivity index is 2.25. The van der Waals surface area contributed by atoms with Gasteiger partial charge in [-0.15, -0.1) is 0 Å². The van der Waals surface area contributed by atoms with E-state index in [4.69, 9.17) is 0 Å². The molecular weight excluding hydrogens is 240 g/mol. The van der Waals surface area contributed by atoms with E-state index in [0.717, 1.165) is 30.4 Å². The lowest BCUT2D eigenvalue weighted by molar-refractivity contribution is 0.279. The molecule has 0 radical (unpaired) electrons. The van der Waals surface area contributed by atoms with Gasteiger partial charge in [-0.25, -0.2) is 4.79 Å². The van der Waals surface area contributed by atoms with Crippen molar-refractivity contribution in [3.63, 3.8) is 0 Å². The fourth-order valence-corrected chi connectivity index (χ4v) is 2.45. The molecule has 2 rings (SSSR count). The molecule has 0 spiro atoms. The minimum Gasteiger partial charge on any atom is -0.320 e. The number of benzene rings is 1. The number of fused-ring (bicyclic) bond motifs is 1. The van der Waals surface area contributed by atoms with Crippen LogP contribution in [0.3, 0.4) is 0 Å². The molecule has 3 N–H and O–H groups in total. The largest absolute Gasteiger partial charge is 0.323 e. The second kappa shape index (κ2) is 6.04. The smallest absolute Gasteiger partial charge is 0.320 e. The van der Waals surface area contributed by atoms with E-state index >= 15 is 0 Å². The predicted octanol–water partition coefficient (Wildman–Crippen LogP) is 1.46. The minimum absolute atomic E-state index is 0.149. The highest BCUT2D eigenvalue weighted by molar-refractivity contribution is 5.75. The van der Waals surface area contributed by atoms with Crippen LogP contribution in [0.25, 0.3) is 11.0 Å². The van der Waals surface area contributed by atoms with Crippen LogP contribution in [-0.2, 0) is 0 Å². The third-order valence-electron chi connectivity index (χ3n) is 3.45. The molecule has 1 aromatic carbocycles. The Morgan fingerprint density at radius 1 is 1.26 bits per heavy atom. The van der Waals surface area contributed by atoms with Crippen LogP contribution in [0.2, 0.25) is 0 Å². The van der Waals surface area contributed by atoms with Crippen molar-refractivity contribution in [3.8, 4) is 0 Å². The zero-order chi connectivity index (χ0) is 13.8. The van der Waals surface area contributed by atoms with Crippen LogP contribution in [0, 0.1) is 0 Å². The van der Waals surface area contributed by atoms with Gasteiger partial charge in [-0.3, -0.25) is 0 Å². The van der Waals surface area contributed by atoms with Gasteiger partial charge in [0, 0.05) is 6.04 Å². The highest BCUT2D eigenvalue weighted by atomic mass is 16.1. The molecule has 1 aromatic heterocycles. The third kappa shape index (κ3) is 3.24. The van der Waals surface area contributed by atoms with Crippen LogP contribution >= 0.6 is 0 Å². The van der Waals surface area contributed by atoms with Crippen molar-refractivity contribution in [3.05, 3.63) is 34.2 Å². The summed E-state index contributed by atoms with van der Waals surface area (Å²) in [6, 6.07) is 6.50. The second-order valence-corrected chi connectivity index (χ2v) is 5.11. The quantitative estimate of drug-likeness (QED) is 0.691. The number of aromatic nitrogens is 2. The first-order valence-electron chi connectivity index (χ1n) is 6.65. The number of imidazole rings is 1. The summed E-state index contributed by atoms with van der Waals surface area (Å²) in [5.74, 6) is 0. The van der Waals surface area contributed by atoms with Gasteiger partial charge in [-0.1, -0.05) is 6.07 Å². The van der Waals surface area contributed by atoms with Crippen LogP contribution in [0.15, 0.2) is 23.0 Å². The average Bonchev–Trinajstić information content (AvgIpc) is 2.73. The first kappa shape index (κ1) is 13.8. The monoisotopic (exact) mass is 262 g/mol. The maximum atomic E-state index is 11.3. The van der Waals surface area contributed by atoms with E-state index < -0.39 is 0 Å². The topological polar surface area (TPSA) is 63.9 Å². The van der Waals surface area contributed by atoms with Gasteiger partial charge in [-0.05, 0) is 58.2 Å². The molecule has 0 bridgehead atoms. The molecule has 0 aliphatic rings. The second-order valence-electron chi connectivity index (χ2n) is 5.11. The van der Waals surface area contributed by atoms with Crippen LogP contribution < -0.4 is 11.0 Å². The number of hydrogen-bond acceptors (Lipinski definition) is 3. The normalized spacial score (nSPS) is 13.3. The number of aromatic amines is 2. The summed E-state index contributed by atoms with van der Waals surface area (Å²) < 4.78 is 0. The fraction of sp³-hybridized carbons (Fsp3) is 0.500. The zero-order valence-electron chi connectivity index (χ0n) is 11.8. The molecule has 104 valence electrons. The van der Waals surface area contributed by atoms with E-state index in [9.17, 15) is 4.79 Å². The number of hydrogen-bond donors (Lipinski definition) is 3. The molecule has 0 saturated heterocycles. The van der Waals surface area contributed by atoms with Gasteiger partial charge in [0.1, 0.15) is 0 Å². The predicted molar refractivity (Wildman–Crippen MR) is 78.5 cm³/mol. The van der Waals surface area contributed by atoms with E-state index in [1.807, 2.05) is 13.1 Å². The summed E-state index contributed by atoms with van der Waals surface area (Å²) in [4.78, 5) is 19.1. The van der Waals surface area contributed by atoms with Gasteiger partial charge in [0.2, 0.25) is 0 Å². The molecule has 5 heteroatoms. The maximum Gasteiger partial charge on any atom is 0.323 e. The lowest BCUT2D eigenvalue weighted by Gasteiger charge is -2.24. The Kier molecular flexibility index (Phi) is 4.39. The van der Waals surface area contributed by atoms with E-state index in [0.29, 0.717) is 6.04 Å². The lowest BCUT2D eigenvalue weighted by atomic mass is 10.0.